The van der Waals surface area contributed by atoms with Gasteiger partial charge in [-0.05, 0) is 25.0 Å². The second-order valence-corrected chi connectivity index (χ2v) is 6.47. The van der Waals surface area contributed by atoms with Gasteiger partial charge < -0.3 is 4.90 Å². The Hall–Kier alpha value is -2.62. The molecule has 24 heavy (non-hydrogen) atoms. The largest absolute Gasteiger partial charge is 0.364 e. The lowest BCUT2D eigenvalue weighted by Gasteiger charge is -2.34. The van der Waals surface area contributed by atoms with E-state index in [1.165, 1.54) is 22.4 Å². The van der Waals surface area contributed by atoms with Gasteiger partial charge in [-0.2, -0.15) is 0 Å². The van der Waals surface area contributed by atoms with Crippen molar-refractivity contribution in [3.8, 4) is 22.5 Å². The molecule has 0 spiro atoms. The van der Waals surface area contributed by atoms with Crippen LogP contribution in [-0.2, 0) is 13.6 Å². The molecule has 1 atom stereocenters. The van der Waals surface area contributed by atoms with Crippen LogP contribution in [0.25, 0.3) is 22.5 Å². The van der Waals surface area contributed by atoms with Gasteiger partial charge in [0.2, 0.25) is 0 Å². The van der Waals surface area contributed by atoms with Gasteiger partial charge in [0.1, 0.15) is 5.69 Å². The van der Waals surface area contributed by atoms with Crippen molar-refractivity contribution in [1.82, 2.24) is 15.0 Å². The predicted molar refractivity (Wildman–Crippen MR) is 97.8 cm³/mol. The highest BCUT2D eigenvalue weighted by molar-refractivity contribution is 5.88. The summed E-state index contributed by atoms with van der Waals surface area (Å²) in [5.41, 5.74) is 7.01. The van der Waals surface area contributed by atoms with E-state index < -0.39 is 0 Å². The molecule has 0 saturated heterocycles. The predicted octanol–water partition coefficient (Wildman–Crippen LogP) is 4.27. The molecule has 0 N–H and O–H groups in total. The number of aromatic nitrogens is 3. The summed E-state index contributed by atoms with van der Waals surface area (Å²) < 4.78 is 1.89. The van der Waals surface area contributed by atoms with Crippen molar-refractivity contribution in [3.05, 3.63) is 54.1 Å². The lowest BCUT2D eigenvalue weighted by Crippen LogP contribution is -2.33. The van der Waals surface area contributed by atoms with Crippen molar-refractivity contribution in [1.29, 1.82) is 0 Å². The fourth-order valence-electron chi connectivity index (χ4n) is 3.54. The van der Waals surface area contributed by atoms with E-state index in [9.17, 15) is 0 Å². The lowest BCUT2D eigenvalue weighted by atomic mass is 9.94. The summed E-state index contributed by atoms with van der Waals surface area (Å²) in [6.07, 6.45) is 1.10. The fourth-order valence-corrected chi connectivity index (χ4v) is 3.54. The van der Waals surface area contributed by atoms with Crippen molar-refractivity contribution in [3.63, 3.8) is 0 Å². The Balaban J connectivity index is 2.06. The Morgan fingerprint density at radius 2 is 1.75 bits per heavy atom. The number of hydrogen-bond donors (Lipinski definition) is 0. The molecule has 1 unspecified atom stereocenters. The molecular weight excluding hydrogens is 296 g/mol. The van der Waals surface area contributed by atoms with Gasteiger partial charge in [0.25, 0.3) is 0 Å². The minimum atomic E-state index is 0.460. The molecule has 0 saturated carbocycles. The monoisotopic (exact) mass is 318 g/mol. The van der Waals surface area contributed by atoms with E-state index in [1.807, 2.05) is 11.7 Å². The van der Waals surface area contributed by atoms with Crippen LogP contribution in [0, 0.1) is 0 Å². The number of fused-ring (bicyclic) bond motifs is 5. The molecular formula is C20H22N4. The third-order valence-corrected chi connectivity index (χ3v) is 5.03. The number of anilines is 1. The van der Waals surface area contributed by atoms with Crippen molar-refractivity contribution in [2.75, 3.05) is 4.90 Å². The van der Waals surface area contributed by atoms with Gasteiger partial charge in [-0.25, -0.2) is 4.68 Å². The third kappa shape index (κ3) is 2.21. The van der Waals surface area contributed by atoms with E-state index in [0.717, 1.165) is 24.4 Å². The van der Waals surface area contributed by atoms with Crippen LogP contribution >= 0.6 is 0 Å². The molecule has 0 radical (unpaired) electrons. The summed E-state index contributed by atoms with van der Waals surface area (Å²) in [6.45, 7) is 5.43. The van der Waals surface area contributed by atoms with E-state index in [0.29, 0.717) is 6.04 Å². The molecule has 2 heterocycles. The molecule has 0 fully saturated rings. The molecule has 2 aromatic carbocycles. The summed E-state index contributed by atoms with van der Waals surface area (Å²) in [7, 11) is 1.97. The Bertz CT molecular complexity index is 881. The van der Waals surface area contributed by atoms with Crippen LogP contribution in [0.3, 0.4) is 0 Å². The Morgan fingerprint density at radius 1 is 1.04 bits per heavy atom. The van der Waals surface area contributed by atoms with Gasteiger partial charge in [0.15, 0.2) is 0 Å². The molecule has 0 bridgehead atoms. The van der Waals surface area contributed by atoms with Gasteiger partial charge in [-0.1, -0.05) is 54.6 Å². The zero-order valence-corrected chi connectivity index (χ0v) is 14.4. The number of para-hydroxylation sites is 1. The van der Waals surface area contributed by atoms with Crippen LogP contribution in [0.15, 0.2) is 48.5 Å². The van der Waals surface area contributed by atoms with E-state index >= 15 is 0 Å². The van der Waals surface area contributed by atoms with Gasteiger partial charge in [-0.15, -0.1) is 5.10 Å². The molecule has 4 heteroatoms. The Morgan fingerprint density at radius 3 is 2.54 bits per heavy atom. The fraction of sp³-hybridized carbons (Fsp3) is 0.300. The minimum Gasteiger partial charge on any atom is -0.364 e. The van der Waals surface area contributed by atoms with Crippen molar-refractivity contribution in [2.24, 2.45) is 7.05 Å². The normalized spacial score (nSPS) is 14.2. The van der Waals surface area contributed by atoms with Crippen LogP contribution in [0.4, 0.5) is 5.69 Å². The number of rotatable bonds is 2. The van der Waals surface area contributed by atoms with Crippen molar-refractivity contribution >= 4 is 5.69 Å². The lowest BCUT2D eigenvalue weighted by molar-refractivity contribution is 0.614. The zero-order valence-electron chi connectivity index (χ0n) is 14.4. The number of hydrogen-bond acceptors (Lipinski definition) is 3. The van der Waals surface area contributed by atoms with Gasteiger partial charge in [0, 0.05) is 36.4 Å². The summed E-state index contributed by atoms with van der Waals surface area (Å²) in [6, 6.07) is 17.6. The second kappa shape index (κ2) is 5.78. The maximum atomic E-state index is 4.48. The van der Waals surface area contributed by atoms with E-state index in [2.05, 4.69) is 77.6 Å². The highest BCUT2D eigenvalue weighted by Crippen LogP contribution is 2.41. The van der Waals surface area contributed by atoms with Gasteiger partial charge >= 0.3 is 0 Å². The molecule has 3 aromatic rings. The minimum absolute atomic E-state index is 0.460. The molecule has 1 aliphatic heterocycles. The average molecular weight is 318 g/mol. The molecule has 4 nitrogen and oxygen atoms in total. The SMILES string of the molecule is CCC(C)N1Cc2ccccc2-c2nnn(C)c2-c2ccccc21. The van der Waals surface area contributed by atoms with Crippen LogP contribution in [0.1, 0.15) is 25.8 Å². The molecule has 1 aliphatic rings. The summed E-state index contributed by atoms with van der Waals surface area (Å²) in [5, 5.41) is 8.80. The molecule has 4 rings (SSSR count). The maximum Gasteiger partial charge on any atom is 0.121 e. The number of nitrogens with zero attached hydrogens (tertiary/aromatic N) is 4. The highest BCUT2D eigenvalue weighted by atomic mass is 15.4. The smallest absolute Gasteiger partial charge is 0.121 e. The van der Waals surface area contributed by atoms with Crippen molar-refractivity contribution < 1.29 is 0 Å². The Labute approximate surface area is 142 Å². The molecule has 1 aromatic heterocycles. The van der Waals surface area contributed by atoms with Crippen LogP contribution in [0.5, 0.6) is 0 Å². The van der Waals surface area contributed by atoms with Crippen molar-refractivity contribution in [2.45, 2.75) is 32.9 Å². The van der Waals surface area contributed by atoms with Crippen LogP contribution < -0.4 is 4.90 Å². The van der Waals surface area contributed by atoms with Crippen LogP contribution in [0.2, 0.25) is 0 Å². The summed E-state index contributed by atoms with van der Waals surface area (Å²) in [5.74, 6) is 0. The quantitative estimate of drug-likeness (QED) is 0.707. The van der Waals surface area contributed by atoms with E-state index in [-0.39, 0.29) is 0 Å². The third-order valence-electron chi connectivity index (χ3n) is 5.03. The number of aryl methyl sites for hydroxylation is 1. The first kappa shape index (κ1) is 14.9. The zero-order chi connectivity index (χ0) is 16.7. The average Bonchev–Trinajstić information content (AvgIpc) is 2.99. The highest BCUT2D eigenvalue weighted by Gasteiger charge is 2.26. The van der Waals surface area contributed by atoms with E-state index in [4.69, 9.17) is 0 Å². The maximum absolute atomic E-state index is 4.48. The molecule has 122 valence electrons. The first-order valence-electron chi connectivity index (χ1n) is 8.54. The van der Waals surface area contributed by atoms with Gasteiger partial charge in [-0.3, -0.25) is 0 Å². The first-order valence-corrected chi connectivity index (χ1v) is 8.54. The molecule has 0 aliphatic carbocycles. The van der Waals surface area contributed by atoms with Gasteiger partial charge in [0.05, 0.1) is 5.69 Å². The van der Waals surface area contributed by atoms with E-state index in [1.54, 1.807) is 0 Å². The summed E-state index contributed by atoms with van der Waals surface area (Å²) in [4.78, 5) is 2.50. The number of benzene rings is 2. The first-order chi connectivity index (χ1) is 11.7. The Kier molecular flexibility index (Phi) is 3.60. The summed E-state index contributed by atoms with van der Waals surface area (Å²) >= 11 is 0. The second-order valence-electron chi connectivity index (χ2n) is 6.47. The molecule has 0 amide bonds. The standard InChI is InChI=1S/C20H22N4/c1-4-14(2)24-13-15-9-5-6-10-16(15)19-20(23(3)22-21-19)17-11-7-8-12-18(17)24/h5-12,14H,4,13H2,1-3H3. The topological polar surface area (TPSA) is 34.0 Å². The van der Waals surface area contributed by atoms with Crippen LogP contribution in [-0.4, -0.2) is 21.0 Å².